The monoisotopic (exact) mass is 292 g/mol. The van der Waals surface area contributed by atoms with E-state index in [2.05, 4.69) is 0 Å². The average Bonchev–Trinajstić information content (AvgIpc) is 2.35. The number of hydrogen-bond acceptors (Lipinski definition) is 3. The maximum absolute atomic E-state index is 12.4. The molecule has 5 nitrogen and oxygen atoms in total. The van der Waals surface area contributed by atoms with E-state index in [0.717, 1.165) is 5.56 Å². The van der Waals surface area contributed by atoms with Gasteiger partial charge in [-0.15, -0.1) is 0 Å². The number of carbonyl (C=O) groups is 2. The summed E-state index contributed by atoms with van der Waals surface area (Å²) in [7, 11) is 0. The Kier molecular flexibility index (Phi) is 5.49. The highest BCUT2D eigenvalue weighted by atomic mass is 16.4. The van der Waals surface area contributed by atoms with Crippen LogP contribution >= 0.6 is 0 Å². The summed E-state index contributed by atoms with van der Waals surface area (Å²) in [4.78, 5) is 24.7. The maximum atomic E-state index is 12.4. The zero-order valence-corrected chi connectivity index (χ0v) is 13.1. The number of nitrogens with two attached hydrogens (primary N) is 1. The predicted octanol–water partition coefficient (Wildman–Crippen LogP) is 2.18. The second kappa shape index (κ2) is 6.72. The maximum Gasteiger partial charge on any atom is 0.323 e. The molecule has 1 aromatic rings. The molecule has 3 N–H and O–H groups in total. The number of rotatable bonds is 5. The van der Waals surface area contributed by atoms with Crippen LogP contribution in [0.1, 0.15) is 32.8 Å². The van der Waals surface area contributed by atoms with E-state index in [1.165, 1.54) is 4.90 Å². The van der Waals surface area contributed by atoms with Crippen LogP contribution in [0.25, 0.3) is 0 Å². The van der Waals surface area contributed by atoms with Crippen LogP contribution < -0.4 is 10.6 Å². The van der Waals surface area contributed by atoms with E-state index in [0.29, 0.717) is 5.69 Å². The van der Waals surface area contributed by atoms with E-state index < -0.39 is 5.97 Å². The number of hydrogen-bond donors (Lipinski definition) is 2. The van der Waals surface area contributed by atoms with Crippen LogP contribution in [0.2, 0.25) is 0 Å². The predicted molar refractivity (Wildman–Crippen MR) is 83.2 cm³/mol. The molecule has 0 spiro atoms. The number of nitrogens with zero attached hydrogens (tertiary/aromatic N) is 1. The molecule has 1 amide bonds. The zero-order chi connectivity index (χ0) is 16.2. The summed E-state index contributed by atoms with van der Waals surface area (Å²) < 4.78 is 0. The molecule has 1 rings (SSSR count). The Bertz CT molecular complexity index is 503. The minimum Gasteiger partial charge on any atom is -0.480 e. The van der Waals surface area contributed by atoms with Crippen molar-refractivity contribution >= 4 is 17.6 Å². The number of aryl methyl sites for hydroxylation is 1. The summed E-state index contributed by atoms with van der Waals surface area (Å²) in [5, 5.41) is 9.02. The van der Waals surface area contributed by atoms with Gasteiger partial charge in [0.05, 0.1) is 0 Å². The van der Waals surface area contributed by atoms with Crippen LogP contribution in [0, 0.1) is 12.3 Å². The summed E-state index contributed by atoms with van der Waals surface area (Å²) in [5.74, 6) is -1.32. The fraction of sp³-hybridized carbons (Fsp3) is 0.500. The molecule has 0 saturated carbocycles. The van der Waals surface area contributed by atoms with Crippen molar-refractivity contribution in [1.29, 1.82) is 0 Å². The Hall–Kier alpha value is -1.88. The van der Waals surface area contributed by atoms with Gasteiger partial charge in [-0.25, -0.2) is 0 Å². The second-order valence-corrected chi connectivity index (χ2v) is 6.39. The summed E-state index contributed by atoms with van der Waals surface area (Å²) in [6.07, 6.45) is 0.116. The minimum absolute atomic E-state index is 0.116. The Labute approximate surface area is 125 Å². The molecule has 0 bridgehead atoms. The van der Waals surface area contributed by atoms with E-state index in [9.17, 15) is 9.59 Å². The van der Waals surface area contributed by atoms with Gasteiger partial charge in [0, 0.05) is 18.2 Å². The molecular formula is C16H24N2O3. The lowest BCUT2D eigenvalue weighted by Crippen LogP contribution is -2.43. The Morgan fingerprint density at radius 2 is 1.76 bits per heavy atom. The third-order valence-electron chi connectivity index (χ3n) is 3.45. The number of anilines is 1. The van der Waals surface area contributed by atoms with Crippen molar-refractivity contribution in [3.63, 3.8) is 0 Å². The van der Waals surface area contributed by atoms with Crippen LogP contribution in [0.15, 0.2) is 24.3 Å². The first-order valence-corrected chi connectivity index (χ1v) is 6.95. The highest BCUT2D eigenvalue weighted by Crippen LogP contribution is 2.22. The van der Waals surface area contributed by atoms with Gasteiger partial charge in [0.2, 0.25) is 5.91 Å². The van der Waals surface area contributed by atoms with Gasteiger partial charge >= 0.3 is 5.97 Å². The smallest absolute Gasteiger partial charge is 0.323 e. The minimum atomic E-state index is -1.05. The third-order valence-corrected chi connectivity index (χ3v) is 3.45. The third kappa shape index (κ3) is 5.19. The molecule has 0 aliphatic carbocycles. The van der Waals surface area contributed by atoms with E-state index in [4.69, 9.17) is 10.8 Å². The average molecular weight is 292 g/mol. The van der Waals surface area contributed by atoms with Crippen LogP contribution in [0.3, 0.4) is 0 Å². The fourth-order valence-electron chi connectivity index (χ4n) is 1.79. The van der Waals surface area contributed by atoms with Crippen molar-refractivity contribution in [3.05, 3.63) is 29.8 Å². The van der Waals surface area contributed by atoms with Gasteiger partial charge in [0.1, 0.15) is 6.54 Å². The van der Waals surface area contributed by atoms with Gasteiger partial charge in [0.15, 0.2) is 0 Å². The molecule has 0 aliphatic rings. The van der Waals surface area contributed by atoms with Crippen molar-refractivity contribution in [2.75, 3.05) is 11.4 Å². The Balaban J connectivity index is 2.94. The largest absolute Gasteiger partial charge is 0.480 e. The molecule has 5 heteroatoms. The van der Waals surface area contributed by atoms with Crippen LogP contribution in [-0.2, 0) is 9.59 Å². The highest BCUT2D eigenvalue weighted by Gasteiger charge is 2.27. The van der Waals surface area contributed by atoms with E-state index in [1.807, 2.05) is 39.8 Å². The van der Waals surface area contributed by atoms with Gasteiger partial charge in [-0.1, -0.05) is 38.5 Å². The first kappa shape index (κ1) is 17.2. The van der Waals surface area contributed by atoms with Crippen LogP contribution in [0.5, 0.6) is 0 Å². The molecule has 21 heavy (non-hydrogen) atoms. The molecule has 1 aromatic carbocycles. The van der Waals surface area contributed by atoms with Gasteiger partial charge in [-0.3, -0.25) is 9.59 Å². The van der Waals surface area contributed by atoms with Crippen molar-refractivity contribution in [1.82, 2.24) is 0 Å². The summed E-state index contributed by atoms with van der Waals surface area (Å²) in [5.41, 5.74) is 7.44. The fourth-order valence-corrected chi connectivity index (χ4v) is 1.79. The zero-order valence-electron chi connectivity index (χ0n) is 13.1. The molecule has 1 unspecified atom stereocenters. The molecule has 0 radical (unpaired) electrons. The summed E-state index contributed by atoms with van der Waals surface area (Å²) >= 11 is 0. The Morgan fingerprint density at radius 3 is 2.19 bits per heavy atom. The number of carbonyl (C=O) groups excluding carboxylic acids is 1. The summed E-state index contributed by atoms with van der Waals surface area (Å²) in [6, 6.07) is 6.87. The molecule has 0 aliphatic heterocycles. The molecule has 0 heterocycles. The molecule has 0 fully saturated rings. The lowest BCUT2D eigenvalue weighted by molar-refractivity contribution is -0.136. The van der Waals surface area contributed by atoms with Gasteiger partial charge in [-0.2, -0.15) is 0 Å². The SMILES string of the molecule is Cc1ccc(N(CC(=O)O)C(=O)CC(N)C(C)(C)C)cc1. The normalized spacial score (nSPS) is 12.8. The van der Waals surface area contributed by atoms with Crippen molar-refractivity contribution < 1.29 is 14.7 Å². The first-order chi connectivity index (χ1) is 9.61. The molecule has 0 aromatic heterocycles. The number of aliphatic carboxylic acids is 1. The lowest BCUT2D eigenvalue weighted by atomic mass is 9.85. The topological polar surface area (TPSA) is 83.6 Å². The van der Waals surface area contributed by atoms with Gasteiger partial charge in [0.25, 0.3) is 0 Å². The van der Waals surface area contributed by atoms with Crippen molar-refractivity contribution in [2.24, 2.45) is 11.1 Å². The first-order valence-electron chi connectivity index (χ1n) is 6.95. The summed E-state index contributed by atoms with van der Waals surface area (Å²) in [6.45, 7) is 7.44. The number of carboxylic acid groups (broad SMARTS) is 1. The van der Waals surface area contributed by atoms with Crippen LogP contribution in [0.4, 0.5) is 5.69 Å². The Morgan fingerprint density at radius 1 is 1.24 bits per heavy atom. The molecule has 116 valence electrons. The highest BCUT2D eigenvalue weighted by molar-refractivity contribution is 5.97. The molecular weight excluding hydrogens is 268 g/mol. The molecule has 1 atom stereocenters. The van der Waals surface area contributed by atoms with Gasteiger partial charge in [-0.05, 0) is 24.5 Å². The number of benzene rings is 1. The van der Waals surface area contributed by atoms with E-state index in [1.54, 1.807) is 12.1 Å². The quantitative estimate of drug-likeness (QED) is 0.871. The lowest BCUT2D eigenvalue weighted by Gasteiger charge is -2.29. The van der Waals surface area contributed by atoms with E-state index in [-0.39, 0.29) is 30.3 Å². The van der Waals surface area contributed by atoms with Crippen molar-refractivity contribution in [3.8, 4) is 0 Å². The van der Waals surface area contributed by atoms with Crippen LogP contribution in [-0.4, -0.2) is 29.6 Å². The van der Waals surface area contributed by atoms with Crippen molar-refractivity contribution in [2.45, 2.75) is 40.2 Å². The number of amides is 1. The van der Waals surface area contributed by atoms with Gasteiger partial charge < -0.3 is 15.7 Å². The molecule has 0 saturated heterocycles. The second-order valence-electron chi connectivity index (χ2n) is 6.39. The van der Waals surface area contributed by atoms with E-state index >= 15 is 0 Å². The number of carboxylic acids is 1. The standard InChI is InChI=1S/C16H24N2O3/c1-11-5-7-12(8-6-11)18(10-15(20)21)14(19)9-13(17)16(2,3)4/h5-8,13H,9-10,17H2,1-4H3,(H,20,21).